The van der Waals surface area contributed by atoms with Gasteiger partial charge in [0.15, 0.2) is 5.82 Å². The minimum Gasteiger partial charge on any atom is -0.320 e. The van der Waals surface area contributed by atoms with Crippen molar-refractivity contribution in [2.45, 2.75) is 26.2 Å². The van der Waals surface area contributed by atoms with E-state index in [9.17, 15) is 4.79 Å². The highest BCUT2D eigenvalue weighted by atomic mass is 32.1. The van der Waals surface area contributed by atoms with Crippen molar-refractivity contribution in [1.29, 1.82) is 0 Å². The minimum absolute atomic E-state index is 0.277. The largest absolute Gasteiger partial charge is 0.320 e. The highest BCUT2D eigenvalue weighted by Gasteiger charge is 2.17. The van der Waals surface area contributed by atoms with Crippen LogP contribution in [0.1, 0.15) is 34.5 Å². The lowest BCUT2D eigenvalue weighted by Crippen LogP contribution is -2.17. The maximum absolute atomic E-state index is 13.3. The van der Waals surface area contributed by atoms with Crippen molar-refractivity contribution in [3.63, 3.8) is 0 Å². The number of hydrogen-bond acceptors (Lipinski definition) is 7. The number of nitrogens with one attached hydrogen (secondary N) is 1. The van der Waals surface area contributed by atoms with E-state index in [-0.39, 0.29) is 5.91 Å². The maximum Gasteiger partial charge on any atom is 0.274 e. The van der Waals surface area contributed by atoms with Gasteiger partial charge in [0, 0.05) is 16.8 Å². The van der Waals surface area contributed by atoms with Crippen LogP contribution < -0.4 is 5.32 Å². The molecule has 0 aliphatic heterocycles. The Hall–Kier alpha value is -3.49. The Morgan fingerprint density at radius 1 is 1.00 bits per heavy atom. The first-order valence-corrected chi connectivity index (χ1v) is 12.2. The van der Waals surface area contributed by atoms with Crippen LogP contribution in [0.5, 0.6) is 0 Å². The van der Waals surface area contributed by atoms with Crippen LogP contribution in [-0.2, 0) is 12.8 Å². The zero-order chi connectivity index (χ0) is 23.9. The number of benzene rings is 2. The second kappa shape index (κ2) is 11.1. The normalized spacial score (nSPS) is 11.1. The Morgan fingerprint density at radius 3 is 2.50 bits per heavy atom. The molecule has 0 saturated carbocycles. The van der Waals surface area contributed by atoms with Gasteiger partial charge in [-0.15, -0.1) is 10.2 Å². The van der Waals surface area contributed by atoms with Crippen molar-refractivity contribution in [1.82, 2.24) is 25.1 Å². The van der Waals surface area contributed by atoms with Crippen LogP contribution >= 0.6 is 11.3 Å². The minimum atomic E-state index is -0.277. The first-order valence-electron chi connectivity index (χ1n) is 11.3. The molecule has 0 aliphatic carbocycles. The molecule has 0 bridgehead atoms. The molecular weight excluding hydrogens is 444 g/mol. The summed E-state index contributed by atoms with van der Waals surface area (Å²) in [5, 5.41) is 13.3. The van der Waals surface area contributed by atoms with E-state index in [0.717, 1.165) is 52.6 Å². The summed E-state index contributed by atoms with van der Waals surface area (Å²) in [4.78, 5) is 24.8. The van der Waals surface area contributed by atoms with Gasteiger partial charge in [-0.2, -0.15) is 0 Å². The van der Waals surface area contributed by atoms with Gasteiger partial charge in [-0.1, -0.05) is 60.7 Å². The average molecular weight is 473 g/mol. The summed E-state index contributed by atoms with van der Waals surface area (Å²) in [5.41, 5.74) is 3.60. The summed E-state index contributed by atoms with van der Waals surface area (Å²) in [6, 6.07) is 19.2. The number of para-hydroxylation sites is 1. The number of aromatic nitrogens is 4. The molecule has 1 amide bonds. The third-order valence-electron chi connectivity index (χ3n) is 5.26. The van der Waals surface area contributed by atoms with Crippen molar-refractivity contribution < 1.29 is 4.79 Å². The molecule has 0 spiro atoms. The zero-order valence-corrected chi connectivity index (χ0v) is 20.5. The summed E-state index contributed by atoms with van der Waals surface area (Å²) >= 11 is 1.53. The molecule has 0 radical (unpaired) electrons. The van der Waals surface area contributed by atoms with E-state index >= 15 is 0 Å². The molecule has 4 aromatic rings. The van der Waals surface area contributed by atoms with E-state index in [1.54, 1.807) is 6.07 Å². The topological polar surface area (TPSA) is 83.9 Å². The fraction of sp³-hybridized carbons (Fsp3) is 0.269. The summed E-state index contributed by atoms with van der Waals surface area (Å²) < 4.78 is 0. The standard InChI is InChI=1S/C26H28N6OS/c1-4-23-30-31-26(34-23)20-14-8-9-15-21(20)29-25(33)22-17-19(13-10-16-32(2)3)27-24(28-22)18-11-6-5-7-12-18/h5-9,11-12,14-15,17H,4,10,13,16H2,1-3H3,(H,29,33). The van der Waals surface area contributed by atoms with Crippen molar-refractivity contribution in [2.75, 3.05) is 26.0 Å². The van der Waals surface area contributed by atoms with Gasteiger partial charge in [0.05, 0.1) is 5.69 Å². The molecule has 2 heterocycles. The van der Waals surface area contributed by atoms with Gasteiger partial charge >= 0.3 is 0 Å². The predicted molar refractivity (Wildman–Crippen MR) is 137 cm³/mol. The third-order valence-corrected chi connectivity index (χ3v) is 6.36. The van der Waals surface area contributed by atoms with Crippen LogP contribution in [-0.4, -0.2) is 51.6 Å². The number of rotatable bonds is 9. The molecule has 0 unspecified atom stereocenters. The van der Waals surface area contributed by atoms with E-state index in [1.165, 1.54) is 11.3 Å². The molecule has 174 valence electrons. The molecule has 0 atom stereocenters. The number of carbonyl (C=O) groups is 1. The maximum atomic E-state index is 13.3. The number of hydrogen-bond donors (Lipinski definition) is 1. The van der Waals surface area contributed by atoms with Gasteiger partial charge in [0.2, 0.25) is 0 Å². The summed E-state index contributed by atoms with van der Waals surface area (Å²) in [5.74, 6) is 0.277. The van der Waals surface area contributed by atoms with Crippen molar-refractivity contribution >= 4 is 22.9 Å². The first-order chi connectivity index (χ1) is 16.5. The summed E-state index contributed by atoms with van der Waals surface area (Å²) in [7, 11) is 4.10. The molecule has 2 aromatic carbocycles. The van der Waals surface area contributed by atoms with E-state index in [2.05, 4.69) is 25.4 Å². The number of nitrogens with zero attached hydrogens (tertiary/aromatic N) is 5. The highest BCUT2D eigenvalue weighted by Crippen LogP contribution is 2.31. The van der Waals surface area contributed by atoms with Crippen LogP contribution in [0.15, 0.2) is 60.7 Å². The van der Waals surface area contributed by atoms with E-state index < -0.39 is 0 Å². The molecule has 0 fully saturated rings. The second-order valence-electron chi connectivity index (χ2n) is 8.20. The Morgan fingerprint density at radius 2 is 1.76 bits per heavy atom. The van der Waals surface area contributed by atoms with Crippen molar-refractivity contribution in [3.8, 4) is 22.0 Å². The van der Waals surface area contributed by atoms with Crippen LogP contribution in [0.4, 0.5) is 5.69 Å². The van der Waals surface area contributed by atoms with Gasteiger partial charge in [-0.05, 0) is 58.1 Å². The van der Waals surface area contributed by atoms with Gasteiger partial charge < -0.3 is 10.2 Å². The molecular formula is C26H28N6OS. The fourth-order valence-corrected chi connectivity index (χ4v) is 4.32. The van der Waals surface area contributed by atoms with E-state index in [0.29, 0.717) is 17.2 Å². The zero-order valence-electron chi connectivity index (χ0n) is 19.7. The Kier molecular flexibility index (Phi) is 7.72. The summed E-state index contributed by atoms with van der Waals surface area (Å²) in [6.07, 6.45) is 2.53. The fourth-order valence-electron chi connectivity index (χ4n) is 3.50. The molecule has 2 aromatic heterocycles. The lowest BCUT2D eigenvalue weighted by Gasteiger charge is -2.12. The average Bonchev–Trinajstić information content (AvgIpc) is 3.34. The van der Waals surface area contributed by atoms with Gasteiger partial charge in [-0.25, -0.2) is 9.97 Å². The number of anilines is 1. The molecule has 8 heteroatoms. The van der Waals surface area contributed by atoms with Gasteiger partial charge in [-0.3, -0.25) is 4.79 Å². The molecule has 0 aliphatic rings. The molecule has 34 heavy (non-hydrogen) atoms. The van der Waals surface area contributed by atoms with E-state index in [1.807, 2.05) is 75.6 Å². The smallest absolute Gasteiger partial charge is 0.274 e. The first kappa shape index (κ1) is 23.7. The molecule has 7 nitrogen and oxygen atoms in total. The number of aryl methyl sites for hydroxylation is 2. The molecule has 1 N–H and O–H groups in total. The quantitative estimate of drug-likeness (QED) is 0.370. The van der Waals surface area contributed by atoms with Crippen molar-refractivity contribution in [3.05, 3.63) is 77.1 Å². The van der Waals surface area contributed by atoms with Gasteiger partial charge in [0.25, 0.3) is 5.91 Å². The predicted octanol–water partition coefficient (Wildman–Crippen LogP) is 4.97. The van der Waals surface area contributed by atoms with Crippen LogP contribution in [0.3, 0.4) is 0 Å². The van der Waals surface area contributed by atoms with Crippen LogP contribution in [0.2, 0.25) is 0 Å². The summed E-state index contributed by atoms with van der Waals surface area (Å²) in [6.45, 7) is 2.99. The third kappa shape index (κ3) is 5.89. The van der Waals surface area contributed by atoms with Gasteiger partial charge in [0.1, 0.15) is 15.7 Å². The molecule has 4 rings (SSSR count). The SMILES string of the molecule is CCc1nnc(-c2ccccc2NC(=O)c2cc(CCCN(C)C)nc(-c3ccccc3)n2)s1. The lowest BCUT2D eigenvalue weighted by atomic mass is 10.1. The Bertz CT molecular complexity index is 1260. The highest BCUT2D eigenvalue weighted by molar-refractivity contribution is 7.14. The van der Waals surface area contributed by atoms with Crippen LogP contribution in [0, 0.1) is 0 Å². The van der Waals surface area contributed by atoms with Crippen molar-refractivity contribution in [2.24, 2.45) is 0 Å². The number of carbonyl (C=O) groups excluding carboxylic acids is 1. The molecule has 0 saturated heterocycles. The lowest BCUT2D eigenvalue weighted by molar-refractivity contribution is 0.102. The number of amides is 1. The monoisotopic (exact) mass is 472 g/mol. The Labute approximate surface area is 203 Å². The Balaban J connectivity index is 1.64. The van der Waals surface area contributed by atoms with Crippen LogP contribution in [0.25, 0.3) is 22.0 Å². The second-order valence-corrected chi connectivity index (χ2v) is 9.26. The van der Waals surface area contributed by atoms with E-state index in [4.69, 9.17) is 4.98 Å².